The van der Waals surface area contributed by atoms with E-state index in [2.05, 4.69) is 20.7 Å². The molecule has 6 heteroatoms. The Hall–Kier alpha value is -2.18. The molecule has 0 aliphatic rings. The Bertz CT molecular complexity index is 905. The van der Waals surface area contributed by atoms with Gasteiger partial charge in [0.2, 0.25) is 5.91 Å². The number of hydrogen-bond donors (Lipinski definition) is 1. The fourth-order valence-corrected chi connectivity index (χ4v) is 3.78. The second-order valence-corrected chi connectivity index (χ2v) is 7.81. The minimum Gasteiger partial charge on any atom is -0.325 e. The van der Waals surface area contributed by atoms with Gasteiger partial charge in [0.05, 0.1) is 5.75 Å². The predicted octanol–water partition coefficient (Wildman–Crippen LogP) is 4.86. The SMILES string of the molecule is Cc1cccc(-c2nsc(SCC(=O)Nc3cccc(C)c3C)n2)c1. The molecule has 0 spiro atoms. The number of benzene rings is 2. The normalized spacial score (nSPS) is 10.7. The van der Waals surface area contributed by atoms with E-state index in [1.165, 1.54) is 28.9 Å². The summed E-state index contributed by atoms with van der Waals surface area (Å²) >= 11 is 2.74. The summed E-state index contributed by atoms with van der Waals surface area (Å²) in [4.78, 5) is 16.7. The van der Waals surface area contributed by atoms with Crippen molar-refractivity contribution in [3.05, 3.63) is 59.2 Å². The van der Waals surface area contributed by atoms with E-state index in [9.17, 15) is 4.79 Å². The second-order valence-electron chi connectivity index (χ2n) is 5.84. The van der Waals surface area contributed by atoms with Crippen molar-refractivity contribution in [1.82, 2.24) is 9.36 Å². The molecule has 0 fully saturated rings. The quantitative estimate of drug-likeness (QED) is 0.653. The molecule has 0 aliphatic carbocycles. The maximum absolute atomic E-state index is 12.2. The van der Waals surface area contributed by atoms with Gasteiger partial charge in [0.15, 0.2) is 10.2 Å². The predicted molar refractivity (Wildman–Crippen MR) is 105 cm³/mol. The summed E-state index contributed by atoms with van der Waals surface area (Å²) in [6.45, 7) is 6.09. The van der Waals surface area contributed by atoms with Crippen LogP contribution in [0, 0.1) is 20.8 Å². The van der Waals surface area contributed by atoms with Crippen molar-refractivity contribution >= 4 is 34.9 Å². The van der Waals surface area contributed by atoms with Crippen molar-refractivity contribution in [2.45, 2.75) is 25.1 Å². The smallest absolute Gasteiger partial charge is 0.234 e. The van der Waals surface area contributed by atoms with Crippen molar-refractivity contribution < 1.29 is 4.79 Å². The molecule has 1 N–H and O–H groups in total. The van der Waals surface area contributed by atoms with E-state index in [0.717, 1.165) is 26.7 Å². The first kappa shape index (κ1) is 17.6. The molecule has 128 valence electrons. The molecule has 25 heavy (non-hydrogen) atoms. The van der Waals surface area contributed by atoms with Crippen molar-refractivity contribution in [1.29, 1.82) is 0 Å². The van der Waals surface area contributed by atoms with E-state index >= 15 is 0 Å². The third-order valence-electron chi connectivity index (χ3n) is 3.89. The van der Waals surface area contributed by atoms with Crippen LogP contribution in [0.4, 0.5) is 5.69 Å². The third-order valence-corrected chi connectivity index (χ3v) is 5.72. The number of rotatable bonds is 5. The van der Waals surface area contributed by atoms with Crippen LogP contribution in [0.1, 0.15) is 16.7 Å². The van der Waals surface area contributed by atoms with Gasteiger partial charge in [-0.25, -0.2) is 4.98 Å². The van der Waals surface area contributed by atoms with Gasteiger partial charge in [-0.3, -0.25) is 4.79 Å². The lowest BCUT2D eigenvalue weighted by Gasteiger charge is -2.09. The Morgan fingerprint density at radius 1 is 1.16 bits per heavy atom. The van der Waals surface area contributed by atoms with Gasteiger partial charge in [-0.15, -0.1) is 0 Å². The molecule has 4 nitrogen and oxygen atoms in total. The lowest BCUT2D eigenvalue weighted by Crippen LogP contribution is -2.15. The number of hydrogen-bond acceptors (Lipinski definition) is 5. The Morgan fingerprint density at radius 2 is 1.96 bits per heavy atom. The van der Waals surface area contributed by atoms with E-state index in [1.54, 1.807) is 0 Å². The van der Waals surface area contributed by atoms with Gasteiger partial charge in [0.25, 0.3) is 0 Å². The Labute approximate surface area is 155 Å². The number of nitrogens with zero attached hydrogens (tertiary/aromatic N) is 2. The monoisotopic (exact) mass is 369 g/mol. The lowest BCUT2D eigenvalue weighted by atomic mass is 10.1. The van der Waals surface area contributed by atoms with Crippen LogP contribution in [0.25, 0.3) is 11.4 Å². The molecule has 3 aromatic rings. The zero-order valence-electron chi connectivity index (χ0n) is 14.4. The topological polar surface area (TPSA) is 54.9 Å². The van der Waals surface area contributed by atoms with Crippen LogP contribution in [0.2, 0.25) is 0 Å². The largest absolute Gasteiger partial charge is 0.325 e. The molecule has 0 unspecified atom stereocenters. The zero-order chi connectivity index (χ0) is 17.8. The summed E-state index contributed by atoms with van der Waals surface area (Å²) in [7, 11) is 0. The van der Waals surface area contributed by atoms with Crippen LogP contribution in [0.15, 0.2) is 46.8 Å². The molecule has 1 heterocycles. The highest BCUT2D eigenvalue weighted by atomic mass is 32.2. The third kappa shape index (κ3) is 4.46. The molecule has 3 rings (SSSR count). The fraction of sp³-hybridized carbons (Fsp3) is 0.211. The highest BCUT2D eigenvalue weighted by Crippen LogP contribution is 2.26. The molecule has 2 aromatic carbocycles. The van der Waals surface area contributed by atoms with Gasteiger partial charge in [0, 0.05) is 11.3 Å². The summed E-state index contributed by atoms with van der Waals surface area (Å²) in [6.07, 6.45) is 0. The van der Waals surface area contributed by atoms with Crippen LogP contribution in [-0.2, 0) is 4.79 Å². The average Bonchev–Trinajstić information content (AvgIpc) is 3.06. The summed E-state index contributed by atoms with van der Waals surface area (Å²) in [6, 6.07) is 14.0. The summed E-state index contributed by atoms with van der Waals surface area (Å²) in [5.41, 5.74) is 5.30. The highest BCUT2D eigenvalue weighted by molar-refractivity contribution is 8.01. The second kappa shape index (κ2) is 7.80. The number of amides is 1. The van der Waals surface area contributed by atoms with E-state index in [0.29, 0.717) is 11.6 Å². The Kier molecular flexibility index (Phi) is 5.50. The molecule has 1 amide bonds. The lowest BCUT2D eigenvalue weighted by molar-refractivity contribution is -0.113. The van der Waals surface area contributed by atoms with Gasteiger partial charge in [-0.1, -0.05) is 47.7 Å². The zero-order valence-corrected chi connectivity index (χ0v) is 16.0. The molecule has 0 aliphatic heterocycles. The van der Waals surface area contributed by atoms with Crippen molar-refractivity contribution in [3.8, 4) is 11.4 Å². The van der Waals surface area contributed by atoms with Crippen LogP contribution in [-0.4, -0.2) is 21.0 Å². The first-order valence-corrected chi connectivity index (χ1v) is 9.68. The molecule has 1 aromatic heterocycles. The van der Waals surface area contributed by atoms with Crippen molar-refractivity contribution in [3.63, 3.8) is 0 Å². The number of carbonyl (C=O) groups is 1. The maximum atomic E-state index is 12.2. The van der Waals surface area contributed by atoms with Crippen molar-refractivity contribution in [2.75, 3.05) is 11.1 Å². The number of thioether (sulfide) groups is 1. The fourth-order valence-electron chi connectivity index (χ4n) is 2.37. The Balaban J connectivity index is 1.60. The average molecular weight is 370 g/mol. The number of aromatic nitrogens is 2. The minimum absolute atomic E-state index is 0.0361. The molecule has 0 bridgehead atoms. The summed E-state index contributed by atoms with van der Waals surface area (Å²) < 4.78 is 5.19. The maximum Gasteiger partial charge on any atom is 0.234 e. The molecule has 0 atom stereocenters. The van der Waals surface area contributed by atoms with Gasteiger partial charge in [-0.05, 0) is 55.6 Å². The summed E-state index contributed by atoms with van der Waals surface area (Å²) in [5, 5.41) is 2.96. The first-order valence-electron chi connectivity index (χ1n) is 7.92. The molecule has 0 radical (unpaired) electrons. The van der Waals surface area contributed by atoms with Gasteiger partial charge < -0.3 is 5.32 Å². The number of nitrogens with one attached hydrogen (secondary N) is 1. The Morgan fingerprint density at radius 3 is 2.76 bits per heavy atom. The van der Waals surface area contributed by atoms with Gasteiger partial charge >= 0.3 is 0 Å². The van der Waals surface area contributed by atoms with E-state index in [-0.39, 0.29) is 5.91 Å². The minimum atomic E-state index is -0.0361. The van der Waals surface area contributed by atoms with Crippen LogP contribution >= 0.6 is 23.3 Å². The van der Waals surface area contributed by atoms with E-state index in [4.69, 9.17) is 0 Å². The molecular formula is C19H19N3OS2. The molecular weight excluding hydrogens is 350 g/mol. The molecule has 0 saturated heterocycles. The summed E-state index contributed by atoms with van der Waals surface area (Å²) in [5.74, 6) is 0.993. The first-order chi connectivity index (χ1) is 12.0. The highest BCUT2D eigenvalue weighted by Gasteiger charge is 2.11. The molecule has 0 saturated carbocycles. The van der Waals surface area contributed by atoms with Gasteiger partial charge in [-0.2, -0.15) is 4.37 Å². The van der Waals surface area contributed by atoms with E-state index < -0.39 is 0 Å². The van der Waals surface area contributed by atoms with Crippen molar-refractivity contribution in [2.24, 2.45) is 0 Å². The van der Waals surface area contributed by atoms with Gasteiger partial charge in [0.1, 0.15) is 0 Å². The van der Waals surface area contributed by atoms with Crippen LogP contribution < -0.4 is 5.32 Å². The van der Waals surface area contributed by atoms with Crippen LogP contribution in [0.5, 0.6) is 0 Å². The number of carbonyl (C=O) groups excluding carboxylic acids is 1. The van der Waals surface area contributed by atoms with Crippen LogP contribution in [0.3, 0.4) is 0 Å². The van der Waals surface area contributed by atoms with E-state index in [1.807, 2.05) is 57.2 Å². The standard InChI is InChI=1S/C19H19N3OS2/c1-12-6-4-8-15(10-12)18-21-19(25-22-18)24-11-17(23)20-16-9-5-7-13(2)14(16)3/h4-10H,11H2,1-3H3,(H,20,23). The number of anilines is 1. The number of aryl methyl sites for hydroxylation is 2.